The Morgan fingerprint density at radius 2 is 1.89 bits per heavy atom. The van der Waals surface area contributed by atoms with E-state index in [0.717, 1.165) is 56.1 Å². The number of hydrogen-bond donors (Lipinski definition) is 1. The molecule has 5 nitrogen and oxygen atoms in total. The van der Waals surface area contributed by atoms with Crippen LogP contribution in [-0.4, -0.2) is 44.2 Å². The maximum absolute atomic E-state index is 13.2. The number of carbonyl (C=O) groups is 1. The van der Waals surface area contributed by atoms with Gasteiger partial charge in [-0.3, -0.25) is 9.69 Å². The van der Waals surface area contributed by atoms with E-state index in [0.29, 0.717) is 5.92 Å². The number of likely N-dealkylation sites (tertiary alicyclic amines) is 1. The lowest BCUT2D eigenvalue weighted by atomic mass is 9.94. The average molecular weight is 383 g/mol. The summed E-state index contributed by atoms with van der Waals surface area (Å²) in [5, 5.41) is 3.07. The zero-order chi connectivity index (χ0) is 19.8. The SMILES string of the molecule is CCOCC1CCN([C@@H](C(=O)Nc2cccc(OC)c2)c2ccccc2)CC1. The summed E-state index contributed by atoms with van der Waals surface area (Å²) in [6.07, 6.45) is 2.10. The second kappa shape index (κ2) is 10.2. The number of ether oxygens (including phenoxy) is 2. The quantitative estimate of drug-likeness (QED) is 0.746. The number of anilines is 1. The summed E-state index contributed by atoms with van der Waals surface area (Å²) in [6.45, 7) is 5.39. The molecule has 0 unspecified atom stereocenters. The van der Waals surface area contributed by atoms with E-state index in [2.05, 4.69) is 10.2 Å². The first-order valence-corrected chi connectivity index (χ1v) is 10.0. The minimum Gasteiger partial charge on any atom is -0.497 e. The molecule has 28 heavy (non-hydrogen) atoms. The molecular weight excluding hydrogens is 352 g/mol. The van der Waals surface area contributed by atoms with Crippen molar-refractivity contribution in [1.82, 2.24) is 4.90 Å². The Morgan fingerprint density at radius 1 is 1.14 bits per heavy atom. The van der Waals surface area contributed by atoms with Crippen LogP contribution in [0.2, 0.25) is 0 Å². The molecular formula is C23H30N2O3. The van der Waals surface area contributed by atoms with Crippen molar-refractivity contribution >= 4 is 11.6 Å². The number of amides is 1. The Kier molecular flexibility index (Phi) is 7.46. The van der Waals surface area contributed by atoms with Crippen LogP contribution in [0.1, 0.15) is 31.4 Å². The van der Waals surface area contributed by atoms with Gasteiger partial charge < -0.3 is 14.8 Å². The molecule has 1 amide bonds. The highest BCUT2D eigenvalue weighted by molar-refractivity contribution is 5.95. The second-order valence-corrected chi connectivity index (χ2v) is 7.17. The normalized spacial score (nSPS) is 16.5. The van der Waals surface area contributed by atoms with Crippen LogP contribution in [0.25, 0.3) is 0 Å². The van der Waals surface area contributed by atoms with Crippen molar-refractivity contribution in [2.24, 2.45) is 5.92 Å². The molecule has 5 heteroatoms. The fourth-order valence-electron chi connectivity index (χ4n) is 3.74. The number of methoxy groups -OCH3 is 1. The van der Waals surface area contributed by atoms with Gasteiger partial charge in [0.25, 0.3) is 0 Å². The van der Waals surface area contributed by atoms with E-state index in [1.54, 1.807) is 7.11 Å². The molecule has 1 atom stereocenters. The van der Waals surface area contributed by atoms with Crippen molar-refractivity contribution in [2.75, 3.05) is 38.7 Å². The lowest BCUT2D eigenvalue weighted by molar-refractivity contribution is -0.122. The van der Waals surface area contributed by atoms with Crippen molar-refractivity contribution in [1.29, 1.82) is 0 Å². The van der Waals surface area contributed by atoms with Gasteiger partial charge in [-0.05, 0) is 56.5 Å². The van der Waals surface area contributed by atoms with Crippen LogP contribution in [0.5, 0.6) is 5.75 Å². The Morgan fingerprint density at radius 3 is 2.57 bits per heavy atom. The topological polar surface area (TPSA) is 50.8 Å². The monoisotopic (exact) mass is 382 g/mol. The zero-order valence-electron chi connectivity index (χ0n) is 16.8. The Bertz CT molecular complexity index is 743. The molecule has 0 aliphatic carbocycles. The summed E-state index contributed by atoms with van der Waals surface area (Å²) in [5.41, 5.74) is 1.77. The number of rotatable bonds is 8. The lowest BCUT2D eigenvalue weighted by Crippen LogP contribution is -2.42. The van der Waals surface area contributed by atoms with Gasteiger partial charge in [-0.15, -0.1) is 0 Å². The highest BCUT2D eigenvalue weighted by Gasteiger charge is 2.31. The summed E-state index contributed by atoms with van der Waals surface area (Å²) in [6, 6.07) is 17.2. The standard InChI is InChI=1S/C23H30N2O3/c1-3-28-17-18-12-14-25(15-13-18)22(19-8-5-4-6-9-19)23(26)24-20-10-7-11-21(16-20)27-2/h4-11,16,18,22H,3,12-15,17H2,1-2H3,(H,24,26)/t22-/m1/s1. The van der Waals surface area contributed by atoms with Gasteiger partial charge in [0, 0.05) is 25.0 Å². The summed E-state index contributed by atoms with van der Waals surface area (Å²) >= 11 is 0. The van der Waals surface area contributed by atoms with Crippen LogP contribution < -0.4 is 10.1 Å². The number of nitrogens with one attached hydrogen (secondary N) is 1. The predicted octanol–water partition coefficient (Wildman–Crippen LogP) is 4.12. The lowest BCUT2D eigenvalue weighted by Gasteiger charge is -2.37. The summed E-state index contributed by atoms with van der Waals surface area (Å²) < 4.78 is 10.9. The fraction of sp³-hybridized carbons (Fsp3) is 0.435. The third-order valence-corrected chi connectivity index (χ3v) is 5.27. The molecule has 2 aromatic rings. The molecule has 1 aliphatic rings. The van der Waals surface area contributed by atoms with Gasteiger partial charge >= 0.3 is 0 Å². The van der Waals surface area contributed by atoms with E-state index in [9.17, 15) is 4.79 Å². The minimum absolute atomic E-state index is 0.0114. The summed E-state index contributed by atoms with van der Waals surface area (Å²) in [4.78, 5) is 15.5. The largest absolute Gasteiger partial charge is 0.497 e. The van der Waals surface area contributed by atoms with Gasteiger partial charge in [-0.2, -0.15) is 0 Å². The molecule has 1 N–H and O–H groups in total. The minimum atomic E-state index is -0.305. The number of piperidine rings is 1. The van der Waals surface area contributed by atoms with E-state index in [-0.39, 0.29) is 11.9 Å². The van der Waals surface area contributed by atoms with Crippen LogP contribution in [0.4, 0.5) is 5.69 Å². The molecule has 1 aliphatic heterocycles. The molecule has 0 saturated carbocycles. The molecule has 0 aromatic heterocycles. The van der Waals surface area contributed by atoms with Crippen molar-refractivity contribution in [2.45, 2.75) is 25.8 Å². The van der Waals surface area contributed by atoms with E-state index >= 15 is 0 Å². The van der Waals surface area contributed by atoms with Crippen molar-refractivity contribution in [3.8, 4) is 5.75 Å². The van der Waals surface area contributed by atoms with Crippen LogP contribution in [0.3, 0.4) is 0 Å². The van der Waals surface area contributed by atoms with Crippen molar-refractivity contribution < 1.29 is 14.3 Å². The number of nitrogens with zero attached hydrogens (tertiary/aromatic N) is 1. The van der Waals surface area contributed by atoms with Gasteiger partial charge in [0.1, 0.15) is 11.8 Å². The highest BCUT2D eigenvalue weighted by Crippen LogP contribution is 2.29. The molecule has 1 fully saturated rings. The van der Waals surface area contributed by atoms with Crippen LogP contribution in [0, 0.1) is 5.92 Å². The summed E-state index contributed by atoms with van der Waals surface area (Å²) in [7, 11) is 1.63. The molecule has 2 aromatic carbocycles. The molecule has 0 radical (unpaired) electrons. The van der Waals surface area contributed by atoms with Crippen molar-refractivity contribution in [3.05, 3.63) is 60.2 Å². The molecule has 0 bridgehead atoms. The van der Waals surface area contributed by atoms with Gasteiger partial charge in [-0.25, -0.2) is 0 Å². The number of hydrogen-bond acceptors (Lipinski definition) is 4. The average Bonchev–Trinajstić information content (AvgIpc) is 2.74. The van der Waals surface area contributed by atoms with Crippen molar-refractivity contribution in [3.63, 3.8) is 0 Å². The Balaban J connectivity index is 1.73. The maximum atomic E-state index is 13.2. The number of benzene rings is 2. The second-order valence-electron chi connectivity index (χ2n) is 7.17. The Labute approximate surface area is 167 Å². The smallest absolute Gasteiger partial charge is 0.246 e. The molecule has 1 heterocycles. The third kappa shape index (κ3) is 5.33. The van der Waals surface area contributed by atoms with Gasteiger partial charge in [0.2, 0.25) is 5.91 Å². The van der Waals surface area contributed by atoms with E-state index in [1.165, 1.54) is 0 Å². The van der Waals surface area contributed by atoms with Gasteiger partial charge in [-0.1, -0.05) is 36.4 Å². The molecule has 0 spiro atoms. The zero-order valence-corrected chi connectivity index (χ0v) is 16.8. The first-order valence-electron chi connectivity index (χ1n) is 10.0. The fourth-order valence-corrected chi connectivity index (χ4v) is 3.74. The maximum Gasteiger partial charge on any atom is 0.246 e. The van der Waals surface area contributed by atoms with Gasteiger partial charge in [0.05, 0.1) is 7.11 Å². The predicted molar refractivity (Wildman–Crippen MR) is 112 cm³/mol. The number of carbonyl (C=O) groups excluding carboxylic acids is 1. The highest BCUT2D eigenvalue weighted by atomic mass is 16.5. The van der Waals surface area contributed by atoms with Gasteiger partial charge in [0.15, 0.2) is 0 Å². The van der Waals surface area contributed by atoms with E-state index in [4.69, 9.17) is 9.47 Å². The molecule has 3 rings (SSSR count). The van der Waals surface area contributed by atoms with Crippen LogP contribution in [0.15, 0.2) is 54.6 Å². The third-order valence-electron chi connectivity index (χ3n) is 5.27. The Hall–Kier alpha value is -2.37. The van der Waals surface area contributed by atoms with Crippen LogP contribution in [-0.2, 0) is 9.53 Å². The van der Waals surface area contributed by atoms with E-state index in [1.807, 2.05) is 61.5 Å². The summed E-state index contributed by atoms with van der Waals surface area (Å²) in [5.74, 6) is 1.29. The molecule has 1 saturated heterocycles. The van der Waals surface area contributed by atoms with E-state index < -0.39 is 0 Å². The van der Waals surface area contributed by atoms with Crippen LogP contribution >= 0.6 is 0 Å². The molecule has 150 valence electrons. The first-order chi connectivity index (χ1) is 13.7. The first kappa shape index (κ1) is 20.4.